The van der Waals surface area contributed by atoms with E-state index in [9.17, 15) is 37.1 Å². The molecule has 1 aromatic heterocycles. The summed E-state index contributed by atoms with van der Waals surface area (Å²) in [5.41, 5.74) is 7.22. The molecule has 5 N–H and O–H groups in total. The molecule has 0 spiro atoms. The topological polar surface area (TPSA) is 205 Å². The lowest BCUT2D eigenvalue weighted by Crippen LogP contribution is -2.54. The Kier molecular flexibility index (Phi) is 13.4. The van der Waals surface area contributed by atoms with Crippen LogP contribution in [-0.4, -0.2) is 133 Å². The SMILES string of the molecule is CNC(=O)C1CCN(CCN2CCN(c3ccc4c(c3)C(=O)N(C3CCC(=O)NC3=O)C4=O)CC2)C(CC2(COc3cc4c(N[C@H](C)c5cc(N)cc(C(F)(F)F)c5)nc(C)nc4cc3OC)CC2)C1. The van der Waals surface area contributed by atoms with Crippen LogP contribution in [0.3, 0.4) is 0 Å². The fourth-order valence-corrected chi connectivity index (χ4v) is 10.5. The zero-order valence-corrected chi connectivity index (χ0v) is 39.8. The summed E-state index contributed by atoms with van der Waals surface area (Å²) in [5, 5.41) is 9.00. The number of rotatable bonds is 15. The van der Waals surface area contributed by atoms with Crippen molar-refractivity contribution in [3.8, 4) is 11.5 Å². The summed E-state index contributed by atoms with van der Waals surface area (Å²) in [7, 11) is 3.24. The molecule has 3 unspecified atom stereocenters. The predicted molar refractivity (Wildman–Crippen MR) is 254 cm³/mol. The highest BCUT2D eigenvalue weighted by Gasteiger charge is 2.48. The number of methoxy groups -OCH3 is 1. The fourth-order valence-electron chi connectivity index (χ4n) is 10.5. The van der Waals surface area contributed by atoms with Gasteiger partial charge in [0.2, 0.25) is 17.7 Å². The minimum Gasteiger partial charge on any atom is -0.493 e. The van der Waals surface area contributed by atoms with Crippen molar-refractivity contribution in [1.29, 1.82) is 0 Å². The Morgan fingerprint density at radius 3 is 2.40 bits per heavy atom. The van der Waals surface area contributed by atoms with Crippen molar-refractivity contribution in [2.24, 2.45) is 11.3 Å². The average Bonchev–Trinajstić information content (AvgIpc) is 4.06. The van der Waals surface area contributed by atoms with Gasteiger partial charge in [-0.3, -0.25) is 44.0 Å². The Morgan fingerprint density at radius 1 is 0.943 bits per heavy atom. The number of hydrogen-bond acceptors (Lipinski definition) is 14. The third-order valence-corrected chi connectivity index (χ3v) is 14.7. The first-order chi connectivity index (χ1) is 33.4. The molecule has 5 heterocycles. The third kappa shape index (κ3) is 10.1. The zero-order valence-electron chi connectivity index (χ0n) is 39.8. The van der Waals surface area contributed by atoms with E-state index in [1.165, 1.54) is 6.07 Å². The number of carbonyl (C=O) groups excluding carboxylic acids is 5. The van der Waals surface area contributed by atoms with Gasteiger partial charge in [0.1, 0.15) is 17.7 Å². The van der Waals surface area contributed by atoms with Crippen LogP contribution < -0.4 is 36.1 Å². The summed E-state index contributed by atoms with van der Waals surface area (Å²) in [5.74, 6) is -0.279. The highest BCUT2D eigenvalue weighted by Crippen LogP contribution is 2.52. The van der Waals surface area contributed by atoms with Crippen LogP contribution in [0.5, 0.6) is 11.5 Å². The number of alkyl halides is 3. The highest BCUT2D eigenvalue weighted by atomic mass is 19.4. The van der Waals surface area contributed by atoms with Crippen LogP contribution in [0, 0.1) is 18.3 Å². The van der Waals surface area contributed by atoms with Crippen LogP contribution in [0.25, 0.3) is 10.9 Å². The number of anilines is 3. The number of piperidine rings is 2. The molecule has 17 nitrogen and oxygen atoms in total. The van der Waals surface area contributed by atoms with Crippen molar-refractivity contribution in [3.05, 3.63) is 76.6 Å². The summed E-state index contributed by atoms with van der Waals surface area (Å²) in [4.78, 5) is 81.4. The maximum Gasteiger partial charge on any atom is 0.416 e. The van der Waals surface area contributed by atoms with E-state index in [4.69, 9.17) is 15.2 Å². The Bertz CT molecular complexity index is 2720. The molecule has 3 saturated heterocycles. The lowest BCUT2D eigenvalue weighted by atomic mass is 9.84. The number of nitrogen functional groups attached to an aromatic ring is 1. The van der Waals surface area contributed by atoms with E-state index in [0.717, 1.165) is 87.5 Å². The standard InChI is InChI=1S/C50H59F3N10O7/c1-28(31-19-32(50(51,52)53)22-33(54)20-31)56-44-38-24-42(41(69-4)25-39(38)57-29(2)58-44)70-27-49(10-11-49)26-35-21-30(45(65)55-3)9-12-61(35)16-13-60-14-17-62(18-15-60)34-5-6-36-37(23-34)48(68)63(47(36)67)40-7-8-43(64)59-46(40)66/h5-6,19-20,22-25,28,30,35,40H,7-18,21,26-27,54H2,1-4H3,(H,55,65)(H,56,57,58)(H,59,64,66)/t28-,30?,35?,40?/m1/s1. The summed E-state index contributed by atoms with van der Waals surface area (Å²) in [6, 6.07) is 10.9. The fraction of sp³-hybridized carbons (Fsp3) is 0.500. The second-order valence-corrected chi connectivity index (χ2v) is 19.4. The summed E-state index contributed by atoms with van der Waals surface area (Å²) >= 11 is 0. The van der Waals surface area contributed by atoms with Gasteiger partial charge in [-0.1, -0.05) is 0 Å². The molecular weight excluding hydrogens is 910 g/mol. The van der Waals surface area contributed by atoms with E-state index in [1.807, 2.05) is 12.1 Å². The number of benzene rings is 3. The van der Waals surface area contributed by atoms with Gasteiger partial charge < -0.3 is 30.7 Å². The Morgan fingerprint density at radius 2 is 1.70 bits per heavy atom. The predicted octanol–water partition coefficient (Wildman–Crippen LogP) is 5.32. The average molecular weight is 969 g/mol. The molecule has 372 valence electrons. The van der Waals surface area contributed by atoms with E-state index in [1.54, 1.807) is 46.2 Å². The summed E-state index contributed by atoms with van der Waals surface area (Å²) in [6.45, 7) is 9.36. The van der Waals surface area contributed by atoms with E-state index in [0.29, 0.717) is 59.3 Å². The van der Waals surface area contributed by atoms with Gasteiger partial charge >= 0.3 is 6.18 Å². The van der Waals surface area contributed by atoms with Crippen molar-refractivity contribution in [2.75, 3.05) is 82.5 Å². The molecule has 0 radical (unpaired) electrons. The number of hydrogen-bond donors (Lipinski definition) is 4. The van der Waals surface area contributed by atoms with Crippen LogP contribution in [-0.2, 0) is 20.6 Å². The van der Waals surface area contributed by atoms with Crippen LogP contribution in [0.4, 0.5) is 30.4 Å². The van der Waals surface area contributed by atoms with Gasteiger partial charge in [-0.2, -0.15) is 13.2 Å². The van der Waals surface area contributed by atoms with Crippen LogP contribution in [0.1, 0.15) is 95.6 Å². The lowest BCUT2D eigenvalue weighted by molar-refractivity contribution is -0.138. The van der Waals surface area contributed by atoms with Gasteiger partial charge in [0, 0.05) is 92.9 Å². The normalized spacial score (nSPS) is 22.2. The number of ether oxygens (including phenoxy) is 2. The Hall–Kier alpha value is -6.54. The third-order valence-electron chi connectivity index (χ3n) is 14.7. The molecule has 0 bridgehead atoms. The molecule has 5 aliphatic rings. The number of amides is 5. The van der Waals surface area contributed by atoms with Crippen molar-refractivity contribution in [2.45, 2.75) is 83.1 Å². The molecule has 4 aromatic rings. The maximum absolute atomic E-state index is 13.7. The number of fused-ring (bicyclic) bond motifs is 2. The number of piperazine rings is 1. The quantitative estimate of drug-likeness (QED) is 0.0880. The molecule has 20 heteroatoms. The summed E-state index contributed by atoms with van der Waals surface area (Å²) < 4.78 is 53.5. The first kappa shape index (κ1) is 48.5. The number of carbonyl (C=O) groups is 5. The molecule has 4 aliphatic heterocycles. The van der Waals surface area contributed by atoms with Crippen molar-refractivity contribution in [1.82, 2.24) is 35.3 Å². The van der Waals surface area contributed by atoms with Gasteiger partial charge in [0.15, 0.2) is 11.5 Å². The van der Waals surface area contributed by atoms with Crippen molar-refractivity contribution in [3.63, 3.8) is 0 Å². The number of nitrogens with two attached hydrogens (primary N) is 1. The molecule has 9 rings (SSSR count). The minimum atomic E-state index is -4.56. The van der Waals surface area contributed by atoms with Gasteiger partial charge in [-0.05, 0) is 107 Å². The minimum absolute atomic E-state index is 0.00554. The van der Waals surface area contributed by atoms with E-state index >= 15 is 0 Å². The molecule has 3 aromatic carbocycles. The highest BCUT2D eigenvalue weighted by molar-refractivity contribution is 6.23. The number of halogens is 3. The molecule has 4 fully saturated rings. The number of likely N-dealkylation sites (tertiary alicyclic amines) is 1. The van der Waals surface area contributed by atoms with E-state index in [-0.39, 0.29) is 52.9 Å². The molecule has 1 saturated carbocycles. The van der Waals surface area contributed by atoms with E-state index < -0.39 is 47.5 Å². The first-order valence-electron chi connectivity index (χ1n) is 23.9. The largest absolute Gasteiger partial charge is 0.493 e. The monoisotopic (exact) mass is 968 g/mol. The van der Waals surface area contributed by atoms with Gasteiger partial charge in [0.05, 0.1) is 42.0 Å². The van der Waals surface area contributed by atoms with E-state index in [2.05, 4.69) is 40.6 Å². The van der Waals surface area contributed by atoms with Crippen LogP contribution >= 0.6 is 0 Å². The number of imide groups is 2. The zero-order chi connectivity index (χ0) is 49.6. The molecule has 5 amide bonds. The Labute approximate surface area is 403 Å². The number of nitrogens with zero attached hydrogens (tertiary/aromatic N) is 6. The second kappa shape index (κ2) is 19.3. The Balaban J connectivity index is 0.839. The smallest absolute Gasteiger partial charge is 0.416 e. The van der Waals surface area contributed by atoms with Gasteiger partial charge in [-0.25, -0.2) is 9.97 Å². The number of nitrogens with one attached hydrogen (secondary N) is 3. The summed E-state index contributed by atoms with van der Waals surface area (Å²) in [6.07, 6.45) is -0.128. The van der Waals surface area contributed by atoms with Crippen molar-refractivity contribution < 1.29 is 46.6 Å². The second-order valence-electron chi connectivity index (χ2n) is 19.4. The lowest BCUT2D eigenvalue weighted by Gasteiger charge is -2.42. The molecule has 1 aliphatic carbocycles. The van der Waals surface area contributed by atoms with Crippen LogP contribution in [0.2, 0.25) is 0 Å². The maximum atomic E-state index is 13.7. The van der Waals surface area contributed by atoms with Crippen LogP contribution in [0.15, 0.2) is 48.5 Å². The van der Waals surface area contributed by atoms with Crippen molar-refractivity contribution >= 4 is 57.6 Å². The molecule has 4 atom stereocenters. The molecular formula is C50H59F3N10O7. The molecule has 70 heavy (non-hydrogen) atoms. The first-order valence-corrected chi connectivity index (χ1v) is 23.9. The number of aryl methyl sites for hydroxylation is 1. The van der Waals surface area contributed by atoms with Gasteiger partial charge in [0.25, 0.3) is 11.8 Å². The number of aromatic nitrogens is 2. The van der Waals surface area contributed by atoms with Gasteiger partial charge in [-0.15, -0.1) is 0 Å².